The minimum atomic E-state index is 0.0833. The summed E-state index contributed by atoms with van der Waals surface area (Å²) in [7, 11) is 1.70. The number of methoxy groups -OCH3 is 1. The van der Waals surface area contributed by atoms with Crippen molar-refractivity contribution in [3.05, 3.63) is 48.6 Å². The van der Waals surface area contributed by atoms with Crippen molar-refractivity contribution in [1.82, 2.24) is 0 Å². The molecule has 0 amide bonds. The van der Waals surface area contributed by atoms with Gasteiger partial charge in [-0.3, -0.25) is 0 Å². The average molecular weight is 180 g/mol. The Hall–Kier alpha value is -1.12. The van der Waals surface area contributed by atoms with E-state index in [1.807, 2.05) is 30.3 Å². The Morgan fingerprint density at radius 3 is 2.31 bits per heavy atom. The van der Waals surface area contributed by atoms with E-state index in [0.29, 0.717) is 6.61 Å². The number of benzene rings is 1. The second-order valence-electron chi connectivity index (χ2n) is 2.39. The zero-order valence-corrected chi connectivity index (χ0v) is 7.94. The largest absolute Gasteiger partial charge is 0.392 e. The van der Waals surface area contributed by atoms with E-state index in [2.05, 4.69) is 6.58 Å². The summed E-state index contributed by atoms with van der Waals surface area (Å²) in [5.74, 6) is 0. The van der Waals surface area contributed by atoms with Crippen LogP contribution >= 0.6 is 0 Å². The summed E-state index contributed by atoms with van der Waals surface area (Å²) in [4.78, 5) is 0. The van der Waals surface area contributed by atoms with Gasteiger partial charge in [0, 0.05) is 7.11 Å². The molecule has 0 bridgehead atoms. The highest BCUT2D eigenvalue weighted by Gasteiger charge is 1.84. The SMILES string of the molecule is C=CCO.COCc1ccccc1. The van der Waals surface area contributed by atoms with Crippen molar-refractivity contribution >= 4 is 0 Å². The highest BCUT2D eigenvalue weighted by Crippen LogP contribution is 1.98. The molecule has 1 aromatic rings. The summed E-state index contributed by atoms with van der Waals surface area (Å²) in [6.45, 7) is 4.02. The number of aliphatic hydroxyl groups is 1. The van der Waals surface area contributed by atoms with Gasteiger partial charge in [-0.1, -0.05) is 36.4 Å². The second kappa shape index (κ2) is 8.97. The van der Waals surface area contributed by atoms with Crippen LogP contribution in [0.4, 0.5) is 0 Å². The molecule has 0 aliphatic carbocycles. The van der Waals surface area contributed by atoms with Crippen LogP contribution in [0.5, 0.6) is 0 Å². The normalized spacial score (nSPS) is 8.46. The van der Waals surface area contributed by atoms with Crippen LogP contribution in [0.3, 0.4) is 0 Å². The standard InChI is InChI=1S/C8H10O.C3H6O/c1-9-7-8-5-3-2-4-6-8;1-2-3-4/h2-6H,7H2,1H3;2,4H,1,3H2. The van der Waals surface area contributed by atoms with Gasteiger partial charge in [0.15, 0.2) is 0 Å². The third-order valence-corrected chi connectivity index (χ3v) is 1.28. The van der Waals surface area contributed by atoms with E-state index in [4.69, 9.17) is 9.84 Å². The molecule has 0 atom stereocenters. The van der Waals surface area contributed by atoms with Gasteiger partial charge in [0.1, 0.15) is 0 Å². The number of hydrogen-bond acceptors (Lipinski definition) is 2. The van der Waals surface area contributed by atoms with Gasteiger partial charge in [0.2, 0.25) is 0 Å². The lowest BCUT2D eigenvalue weighted by atomic mass is 10.2. The van der Waals surface area contributed by atoms with E-state index >= 15 is 0 Å². The second-order valence-corrected chi connectivity index (χ2v) is 2.39. The molecule has 72 valence electrons. The summed E-state index contributed by atoms with van der Waals surface area (Å²) >= 11 is 0. The molecular weight excluding hydrogens is 164 g/mol. The Kier molecular flexibility index (Phi) is 8.20. The fourth-order valence-electron chi connectivity index (χ4n) is 0.741. The first-order valence-electron chi connectivity index (χ1n) is 4.09. The van der Waals surface area contributed by atoms with E-state index in [1.165, 1.54) is 11.6 Å². The summed E-state index contributed by atoms with van der Waals surface area (Å²) in [5.41, 5.74) is 1.22. The zero-order valence-electron chi connectivity index (χ0n) is 7.94. The zero-order chi connectivity index (χ0) is 9.94. The maximum atomic E-state index is 7.76. The monoisotopic (exact) mass is 180 g/mol. The van der Waals surface area contributed by atoms with Crippen LogP contribution in [0.25, 0.3) is 0 Å². The number of rotatable bonds is 3. The fraction of sp³-hybridized carbons (Fsp3) is 0.273. The van der Waals surface area contributed by atoms with Gasteiger partial charge in [0.05, 0.1) is 13.2 Å². The van der Waals surface area contributed by atoms with Gasteiger partial charge in [-0.2, -0.15) is 0 Å². The lowest BCUT2D eigenvalue weighted by molar-refractivity contribution is 0.185. The lowest BCUT2D eigenvalue weighted by Gasteiger charge is -1.95. The molecule has 2 nitrogen and oxygen atoms in total. The van der Waals surface area contributed by atoms with Gasteiger partial charge in [-0.05, 0) is 5.56 Å². The molecule has 0 radical (unpaired) electrons. The van der Waals surface area contributed by atoms with E-state index < -0.39 is 0 Å². The highest BCUT2D eigenvalue weighted by molar-refractivity contribution is 5.13. The van der Waals surface area contributed by atoms with Crippen LogP contribution in [-0.4, -0.2) is 18.8 Å². The van der Waals surface area contributed by atoms with Crippen molar-refractivity contribution in [3.63, 3.8) is 0 Å². The first kappa shape index (κ1) is 11.9. The van der Waals surface area contributed by atoms with Crippen LogP contribution in [0.15, 0.2) is 43.0 Å². The molecule has 1 aromatic carbocycles. The first-order valence-corrected chi connectivity index (χ1v) is 4.09. The molecule has 0 unspecified atom stereocenters. The number of hydrogen-bond donors (Lipinski definition) is 1. The summed E-state index contributed by atoms with van der Waals surface area (Å²) in [5, 5.41) is 7.76. The predicted molar refractivity (Wildman–Crippen MR) is 54.4 cm³/mol. The number of ether oxygens (including phenoxy) is 1. The third-order valence-electron chi connectivity index (χ3n) is 1.28. The van der Waals surface area contributed by atoms with Crippen molar-refractivity contribution in [2.45, 2.75) is 6.61 Å². The first-order chi connectivity index (χ1) is 6.35. The average Bonchev–Trinajstić information content (AvgIpc) is 2.20. The maximum Gasteiger partial charge on any atom is 0.0713 e. The van der Waals surface area contributed by atoms with Crippen molar-refractivity contribution < 1.29 is 9.84 Å². The van der Waals surface area contributed by atoms with Crippen molar-refractivity contribution in [3.8, 4) is 0 Å². The van der Waals surface area contributed by atoms with Crippen molar-refractivity contribution in [2.75, 3.05) is 13.7 Å². The Morgan fingerprint density at radius 2 is 1.92 bits per heavy atom. The van der Waals surface area contributed by atoms with Crippen molar-refractivity contribution in [1.29, 1.82) is 0 Å². The molecule has 0 aliphatic rings. The van der Waals surface area contributed by atoms with Gasteiger partial charge >= 0.3 is 0 Å². The summed E-state index contributed by atoms with van der Waals surface area (Å²) in [6.07, 6.45) is 1.43. The molecule has 0 aliphatic heterocycles. The molecule has 1 N–H and O–H groups in total. The predicted octanol–water partition coefficient (Wildman–Crippen LogP) is 2.00. The molecular formula is C11H16O2. The van der Waals surface area contributed by atoms with Gasteiger partial charge in [-0.25, -0.2) is 0 Å². The summed E-state index contributed by atoms with van der Waals surface area (Å²) < 4.78 is 4.93. The minimum Gasteiger partial charge on any atom is -0.392 e. The minimum absolute atomic E-state index is 0.0833. The molecule has 1 rings (SSSR count). The van der Waals surface area contributed by atoms with E-state index in [1.54, 1.807) is 7.11 Å². The molecule has 2 heteroatoms. The molecule has 0 spiro atoms. The Bertz CT molecular complexity index is 207. The Balaban J connectivity index is 0.000000310. The van der Waals surface area contributed by atoms with Gasteiger partial charge in [0.25, 0.3) is 0 Å². The van der Waals surface area contributed by atoms with E-state index in [-0.39, 0.29) is 6.61 Å². The Labute approximate surface area is 79.5 Å². The topological polar surface area (TPSA) is 29.5 Å². The Morgan fingerprint density at radius 1 is 1.38 bits per heavy atom. The highest BCUT2D eigenvalue weighted by atomic mass is 16.5. The van der Waals surface area contributed by atoms with Crippen LogP contribution in [0, 0.1) is 0 Å². The molecule has 13 heavy (non-hydrogen) atoms. The van der Waals surface area contributed by atoms with Gasteiger partial charge in [-0.15, -0.1) is 6.58 Å². The quantitative estimate of drug-likeness (QED) is 0.721. The molecule has 0 heterocycles. The van der Waals surface area contributed by atoms with Crippen LogP contribution < -0.4 is 0 Å². The smallest absolute Gasteiger partial charge is 0.0713 e. The molecule has 0 saturated heterocycles. The molecule has 0 fully saturated rings. The number of aliphatic hydroxyl groups excluding tert-OH is 1. The van der Waals surface area contributed by atoms with Gasteiger partial charge < -0.3 is 9.84 Å². The molecule has 0 aromatic heterocycles. The van der Waals surface area contributed by atoms with E-state index in [0.717, 1.165) is 0 Å². The third kappa shape index (κ3) is 7.25. The van der Waals surface area contributed by atoms with Crippen LogP contribution in [0.1, 0.15) is 5.56 Å². The van der Waals surface area contributed by atoms with E-state index in [9.17, 15) is 0 Å². The maximum absolute atomic E-state index is 7.76. The van der Waals surface area contributed by atoms with Crippen LogP contribution in [0.2, 0.25) is 0 Å². The summed E-state index contributed by atoms with van der Waals surface area (Å²) in [6, 6.07) is 10.1. The van der Waals surface area contributed by atoms with Crippen LogP contribution in [-0.2, 0) is 11.3 Å². The lowest BCUT2D eigenvalue weighted by Crippen LogP contribution is -1.84. The molecule has 0 saturated carbocycles. The van der Waals surface area contributed by atoms with Crippen molar-refractivity contribution in [2.24, 2.45) is 0 Å². The fourth-order valence-corrected chi connectivity index (χ4v) is 0.741.